The van der Waals surface area contributed by atoms with Crippen LogP contribution in [0, 0.1) is 5.92 Å². The molecular formula is C11H23NO2. The molecule has 0 spiro atoms. The topological polar surface area (TPSA) is 44.5 Å². The van der Waals surface area contributed by atoms with Gasteiger partial charge in [-0.05, 0) is 19.3 Å². The van der Waals surface area contributed by atoms with Crippen molar-refractivity contribution in [3.63, 3.8) is 0 Å². The highest BCUT2D eigenvalue weighted by molar-refractivity contribution is 4.79. The Kier molecular flexibility index (Phi) is 4.85. The van der Waals surface area contributed by atoms with Gasteiger partial charge in [-0.2, -0.15) is 0 Å². The largest absolute Gasteiger partial charge is 0.381 e. The summed E-state index contributed by atoms with van der Waals surface area (Å²) >= 11 is 0. The molecule has 1 fully saturated rings. The van der Waals surface area contributed by atoms with Crippen LogP contribution in [0.3, 0.4) is 0 Å². The first-order valence-corrected chi connectivity index (χ1v) is 5.68. The zero-order valence-corrected chi connectivity index (χ0v) is 9.42. The molecule has 1 heterocycles. The molecule has 14 heavy (non-hydrogen) atoms. The molecule has 0 radical (unpaired) electrons. The van der Waals surface area contributed by atoms with Crippen molar-refractivity contribution in [1.82, 2.24) is 0 Å². The number of nitrogens with two attached hydrogens (primary N) is 1. The molecule has 1 unspecified atom stereocenters. The van der Waals surface area contributed by atoms with E-state index in [9.17, 15) is 0 Å². The van der Waals surface area contributed by atoms with Crippen molar-refractivity contribution in [3.05, 3.63) is 0 Å². The van der Waals surface area contributed by atoms with E-state index in [2.05, 4.69) is 13.8 Å². The third-order valence-corrected chi connectivity index (χ3v) is 3.31. The quantitative estimate of drug-likeness (QED) is 0.709. The summed E-state index contributed by atoms with van der Waals surface area (Å²) in [5.41, 5.74) is 5.66. The van der Waals surface area contributed by atoms with E-state index in [1.165, 1.54) is 0 Å². The average molecular weight is 201 g/mol. The van der Waals surface area contributed by atoms with Crippen LogP contribution in [0.1, 0.15) is 33.1 Å². The van der Waals surface area contributed by atoms with Crippen LogP contribution in [0.2, 0.25) is 0 Å². The Labute approximate surface area is 86.9 Å². The Balaban J connectivity index is 2.31. The van der Waals surface area contributed by atoms with Crippen molar-refractivity contribution >= 4 is 0 Å². The molecule has 3 heteroatoms. The van der Waals surface area contributed by atoms with Gasteiger partial charge in [0.15, 0.2) is 0 Å². The van der Waals surface area contributed by atoms with Gasteiger partial charge in [0, 0.05) is 19.1 Å². The number of hydrogen-bond acceptors (Lipinski definition) is 3. The molecule has 1 atom stereocenters. The Bertz CT molecular complexity index is 143. The van der Waals surface area contributed by atoms with Gasteiger partial charge in [0.2, 0.25) is 0 Å². The van der Waals surface area contributed by atoms with Gasteiger partial charge in [0.1, 0.15) is 0 Å². The van der Waals surface area contributed by atoms with Gasteiger partial charge < -0.3 is 15.2 Å². The summed E-state index contributed by atoms with van der Waals surface area (Å²) in [6.07, 6.45) is 3.12. The number of ether oxygens (including phenoxy) is 2. The Morgan fingerprint density at radius 2 is 2.14 bits per heavy atom. The zero-order chi connectivity index (χ0) is 10.4. The number of rotatable bonds is 6. The van der Waals surface area contributed by atoms with Crippen LogP contribution in [0.5, 0.6) is 0 Å². The Hall–Kier alpha value is -0.120. The van der Waals surface area contributed by atoms with E-state index < -0.39 is 0 Å². The minimum absolute atomic E-state index is 0.0947. The summed E-state index contributed by atoms with van der Waals surface area (Å²) < 4.78 is 11.3. The monoisotopic (exact) mass is 201 g/mol. The molecule has 1 aliphatic heterocycles. The molecule has 84 valence electrons. The molecule has 0 aromatic carbocycles. The first-order valence-electron chi connectivity index (χ1n) is 5.68. The second-order valence-electron chi connectivity index (χ2n) is 4.13. The maximum absolute atomic E-state index is 5.96. The lowest BCUT2D eigenvalue weighted by Crippen LogP contribution is -2.40. The molecule has 0 amide bonds. The van der Waals surface area contributed by atoms with Crippen molar-refractivity contribution in [2.24, 2.45) is 11.7 Å². The average Bonchev–Trinajstić information content (AvgIpc) is 2.74. The van der Waals surface area contributed by atoms with Crippen LogP contribution >= 0.6 is 0 Å². The van der Waals surface area contributed by atoms with Crippen molar-refractivity contribution in [2.75, 3.05) is 26.4 Å². The minimum Gasteiger partial charge on any atom is -0.381 e. The molecule has 3 nitrogen and oxygen atoms in total. The molecular weight excluding hydrogens is 178 g/mol. The molecule has 0 bridgehead atoms. The molecule has 1 saturated heterocycles. The minimum atomic E-state index is -0.0947. The fourth-order valence-corrected chi connectivity index (χ4v) is 1.81. The lowest BCUT2D eigenvalue weighted by Gasteiger charge is -2.31. The van der Waals surface area contributed by atoms with E-state index in [0.717, 1.165) is 39.1 Å². The molecule has 1 rings (SSSR count). The molecule has 1 aliphatic rings. The summed E-state index contributed by atoms with van der Waals surface area (Å²) in [7, 11) is 0. The second kappa shape index (κ2) is 5.69. The van der Waals surface area contributed by atoms with E-state index in [1.54, 1.807) is 0 Å². The molecule has 0 saturated carbocycles. The standard InChI is InChI=1S/C11H23NO2/c1-3-11(4-2,9-12)14-8-10-5-6-13-7-10/h10H,3-9,12H2,1-2H3. The fraction of sp³-hybridized carbons (Fsp3) is 1.00. The normalized spacial score (nSPS) is 22.9. The maximum Gasteiger partial charge on any atom is 0.0799 e. The van der Waals surface area contributed by atoms with Gasteiger partial charge in [-0.1, -0.05) is 13.8 Å². The summed E-state index contributed by atoms with van der Waals surface area (Å²) in [5.74, 6) is 0.582. The van der Waals surface area contributed by atoms with Gasteiger partial charge in [-0.15, -0.1) is 0 Å². The van der Waals surface area contributed by atoms with E-state index in [1.807, 2.05) is 0 Å². The van der Waals surface area contributed by atoms with Crippen LogP contribution in [-0.2, 0) is 9.47 Å². The van der Waals surface area contributed by atoms with Gasteiger partial charge in [-0.25, -0.2) is 0 Å². The number of hydrogen-bond donors (Lipinski definition) is 1. The predicted octanol–water partition coefficient (Wildman–Crippen LogP) is 1.56. The Morgan fingerprint density at radius 3 is 2.57 bits per heavy atom. The molecule has 0 aromatic heterocycles. The second-order valence-corrected chi connectivity index (χ2v) is 4.13. The molecule has 0 aromatic rings. The lowest BCUT2D eigenvalue weighted by atomic mass is 9.97. The Morgan fingerprint density at radius 1 is 1.43 bits per heavy atom. The van der Waals surface area contributed by atoms with Gasteiger partial charge in [0.05, 0.1) is 18.8 Å². The SMILES string of the molecule is CCC(CC)(CN)OCC1CCOC1. The smallest absolute Gasteiger partial charge is 0.0799 e. The highest BCUT2D eigenvalue weighted by Gasteiger charge is 2.27. The molecule has 0 aliphatic carbocycles. The first kappa shape index (κ1) is 12.0. The van der Waals surface area contributed by atoms with Gasteiger partial charge in [0.25, 0.3) is 0 Å². The van der Waals surface area contributed by atoms with Gasteiger partial charge >= 0.3 is 0 Å². The third kappa shape index (κ3) is 2.94. The van der Waals surface area contributed by atoms with Gasteiger partial charge in [-0.3, -0.25) is 0 Å². The van der Waals surface area contributed by atoms with E-state index >= 15 is 0 Å². The zero-order valence-electron chi connectivity index (χ0n) is 9.42. The van der Waals surface area contributed by atoms with Crippen LogP contribution in [0.15, 0.2) is 0 Å². The summed E-state index contributed by atoms with van der Waals surface area (Å²) in [6, 6.07) is 0. The van der Waals surface area contributed by atoms with Crippen molar-refractivity contribution in [3.8, 4) is 0 Å². The fourth-order valence-electron chi connectivity index (χ4n) is 1.81. The van der Waals surface area contributed by atoms with E-state index in [-0.39, 0.29) is 5.60 Å². The van der Waals surface area contributed by atoms with Crippen molar-refractivity contribution in [2.45, 2.75) is 38.7 Å². The first-order chi connectivity index (χ1) is 6.76. The van der Waals surface area contributed by atoms with Crippen LogP contribution in [-0.4, -0.2) is 32.0 Å². The summed E-state index contributed by atoms with van der Waals surface area (Å²) in [4.78, 5) is 0. The summed E-state index contributed by atoms with van der Waals surface area (Å²) in [6.45, 7) is 7.45. The molecule has 2 N–H and O–H groups in total. The lowest BCUT2D eigenvalue weighted by molar-refractivity contribution is -0.0601. The van der Waals surface area contributed by atoms with E-state index in [0.29, 0.717) is 12.5 Å². The van der Waals surface area contributed by atoms with E-state index in [4.69, 9.17) is 15.2 Å². The third-order valence-electron chi connectivity index (χ3n) is 3.31. The summed E-state index contributed by atoms with van der Waals surface area (Å²) in [5, 5.41) is 0. The maximum atomic E-state index is 5.96. The van der Waals surface area contributed by atoms with Crippen LogP contribution in [0.25, 0.3) is 0 Å². The van der Waals surface area contributed by atoms with Crippen molar-refractivity contribution < 1.29 is 9.47 Å². The predicted molar refractivity (Wildman–Crippen MR) is 57.2 cm³/mol. The van der Waals surface area contributed by atoms with Crippen LogP contribution in [0.4, 0.5) is 0 Å². The highest BCUT2D eigenvalue weighted by atomic mass is 16.5. The highest BCUT2D eigenvalue weighted by Crippen LogP contribution is 2.22. The van der Waals surface area contributed by atoms with Crippen LogP contribution < -0.4 is 5.73 Å². The van der Waals surface area contributed by atoms with Crippen molar-refractivity contribution in [1.29, 1.82) is 0 Å².